The fraction of sp³-hybridized carbons (Fsp3) is 0.588. The van der Waals surface area contributed by atoms with Gasteiger partial charge < -0.3 is 19.4 Å². The maximum Gasteiger partial charge on any atom is 0.257 e. The molecule has 5 nitrogen and oxygen atoms in total. The van der Waals surface area contributed by atoms with Crippen molar-refractivity contribution in [3.63, 3.8) is 0 Å². The number of carbonyl (C=O) groups is 1. The van der Waals surface area contributed by atoms with Crippen molar-refractivity contribution in [2.45, 2.75) is 12.5 Å². The highest BCUT2D eigenvalue weighted by atomic mass is 16.5. The lowest BCUT2D eigenvalue weighted by Crippen LogP contribution is -2.46. The van der Waals surface area contributed by atoms with E-state index >= 15 is 0 Å². The molecule has 0 radical (unpaired) electrons. The fourth-order valence-electron chi connectivity index (χ4n) is 3.11. The number of benzene rings is 1. The Morgan fingerprint density at radius 2 is 1.86 bits per heavy atom. The van der Waals surface area contributed by atoms with Crippen LogP contribution in [0.4, 0.5) is 0 Å². The maximum atomic E-state index is 12.4. The summed E-state index contributed by atoms with van der Waals surface area (Å²) in [5.41, 5.74) is 0.673. The molecule has 22 heavy (non-hydrogen) atoms. The molecule has 3 rings (SSSR count). The molecule has 1 amide bonds. The standard InChI is InChI=1S/C17H25N3O2/c1-18-9-11-20(12-10-18)8-7-14-13-19(2)17(21)15-5-3-4-6-16(15)22-14/h3-6,14H,7-13H2,1-2H3. The molecule has 1 saturated heterocycles. The van der Waals surface area contributed by atoms with Crippen LogP contribution >= 0.6 is 0 Å². The highest BCUT2D eigenvalue weighted by molar-refractivity contribution is 5.97. The third-order valence-electron chi connectivity index (χ3n) is 4.60. The molecule has 0 saturated carbocycles. The quantitative estimate of drug-likeness (QED) is 0.839. The number of ether oxygens (including phenoxy) is 1. The zero-order valence-electron chi connectivity index (χ0n) is 13.5. The van der Waals surface area contributed by atoms with Gasteiger partial charge in [0.05, 0.1) is 12.1 Å². The van der Waals surface area contributed by atoms with Crippen LogP contribution in [-0.2, 0) is 0 Å². The minimum Gasteiger partial charge on any atom is -0.488 e. The molecule has 0 bridgehead atoms. The van der Waals surface area contributed by atoms with E-state index < -0.39 is 0 Å². The first-order valence-corrected chi connectivity index (χ1v) is 8.05. The first-order chi connectivity index (χ1) is 10.6. The van der Waals surface area contributed by atoms with E-state index in [4.69, 9.17) is 4.74 Å². The van der Waals surface area contributed by atoms with E-state index in [1.54, 1.807) is 4.90 Å². The van der Waals surface area contributed by atoms with Crippen molar-refractivity contribution in [1.29, 1.82) is 0 Å². The largest absolute Gasteiger partial charge is 0.488 e. The van der Waals surface area contributed by atoms with Crippen LogP contribution in [0.3, 0.4) is 0 Å². The van der Waals surface area contributed by atoms with Gasteiger partial charge in [-0.05, 0) is 25.6 Å². The summed E-state index contributed by atoms with van der Waals surface area (Å²) in [6, 6.07) is 7.56. The highest BCUT2D eigenvalue weighted by Gasteiger charge is 2.26. The molecule has 2 aliphatic heterocycles. The molecule has 1 atom stereocenters. The summed E-state index contributed by atoms with van der Waals surface area (Å²) in [4.78, 5) is 19.0. The zero-order valence-corrected chi connectivity index (χ0v) is 13.5. The van der Waals surface area contributed by atoms with Gasteiger partial charge in [-0.1, -0.05) is 12.1 Å². The van der Waals surface area contributed by atoms with E-state index in [-0.39, 0.29) is 12.0 Å². The molecule has 1 aromatic carbocycles. The smallest absolute Gasteiger partial charge is 0.257 e. The van der Waals surface area contributed by atoms with Gasteiger partial charge in [0.2, 0.25) is 0 Å². The molecule has 0 aliphatic carbocycles. The number of hydrogen-bond donors (Lipinski definition) is 0. The highest BCUT2D eigenvalue weighted by Crippen LogP contribution is 2.25. The summed E-state index contributed by atoms with van der Waals surface area (Å²) in [5, 5.41) is 0. The van der Waals surface area contributed by atoms with E-state index in [1.165, 1.54) is 0 Å². The van der Waals surface area contributed by atoms with Crippen molar-refractivity contribution in [2.24, 2.45) is 0 Å². The Kier molecular flexibility index (Phi) is 4.64. The first kappa shape index (κ1) is 15.3. The van der Waals surface area contributed by atoms with Crippen molar-refractivity contribution < 1.29 is 9.53 Å². The lowest BCUT2D eigenvalue weighted by atomic mass is 10.2. The van der Waals surface area contributed by atoms with Crippen molar-refractivity contribution in [2.75, 3.05) is 53.4 Å². The van der Waals surface area contributed by atoms with E-state index in [0.29, 0.717) is 12.1 Å². The number of carbonyl (C=O) groups excluding carboxylic acids is 1. The monoisotopic (exact) mass is 303 g/mol. The molecule has 1 unspecified atom stereocenters. The molecular weight excluding hydrogens is 278 g/mol. The second kappa shape index (κ2) is 6.67. The van der Waals surface area contributed by atoms with E-state index in [9.17, 15) is 4.79 Å². The van der Waals surface area contributed by atoms with Gasteiger partial charge in [0.15, 0.2) is 0 Å². The van der Waals surface area contributed by atoms with Gasteiger partial charge in [-0.25, -0.2) is 0 Å². The number of para-hydroxylation sites is 1. The van der Waals surface area contributed by atoms with Crippen LogP contribution < -0.4 is 4.74 Å². The number of hydrogen-bond acceptors (Lipinski definition) is 4. The number of piperazine rings is 1. The van der Waals surface area contributed by atoms with E-state index in [1.807, 2.05) is 31.3 Å². The van der Waals surface area contributed by atoms with Crippen molar-refractivity contribution >= 4 is 5.91 Å². The van der Waals surface area contributed by atoms with Crippen LogP contribution in [0.2, 0.25) is 0 Å². The van der Waals surface area contributed by atoms with Crippen LogP contribution in [0.25, 0.3) is 0 Å². The fourth-order valence-corrected chi connectivity index (χ4v) is 3.11. The van der Waals surface area contributed by atoms with Crippen LogP contribution in [0, 0.1) is 0 Å². The van der Waals surface area contributed by atoms with Crippen LogP contribution in [0.1, 0.15) is 16.8 Å². The van der Waals surface area contributed by atoms with Gasteiger partial charge in [-0.15, -0.1) is 0 Å². The summed E-state index contributed by atoms with van der Waals surface area (Å²) in [7, 11) is 4.03. The molecule has 0 spiro atoms. The summed E-state index contributed by atoms with van der Waals surface area (Å²) in [6.07, 6.45) is 1.02. The Bertz CT molecular complexity index is 526. The predicted molar refractivity (Wildman–Crippen MR) is 86.4 cm³/mol. The molecule has 1 fully saturated rings. The SMILES string of the molecule is CN1CCN(CCC2CN(C)C(=O)c3ccccc3O2)CC1. The van der Waals surface area contributed by atoms with E-state index in [2.05, 4.69) is 16.8 Å². The Hall–Kier alpha value is -1.59. The van der Waals surface area contributed by atoms with Crippen molar-refractivity contribution in [3.8, 4) is 5.75 Å². The zero-order chi connectivity index (χ0) is 15.5. The molecule has 5 heteroatoms. The molecule has 2 aliphatic rings. The van der Waals surface area contributed by atoms with Crippen LogP contribution in [0.5, 0.6) is 5.75 Å². The maximum absolute atomic E-state index is 12.4. The lowest BCUT2D eigenvalue weighted by Gasteiger charge is -2.33. The Morgan fingerprint density at radius 3 is 2.64 bits per heavy atom. The summed E-state index contributed by atoms with van der Waals surface area (Å²) in [6.45, 7) is 6.19. The molecule has 2 heterocycles. The summed E-state index contributed by atoms with van der Waals surface area (Å²) in [5.74, 6) is 0.776. The number of rotatable bonds is 3. The van der Waals surface area contributed by atoms with Crippen molar-refractivity contribution in [3.05, 3.63) is 29.8 Å². The van der Waals surface area contributed by atoms with Gasteiger partial charge in [0, 0.05) is 39.8 Å². The molecule has 1 aromatic rings. The van der Waals surface area contributed by atoms with E-state index in [0.717, 1.165) is 44.9 Å². The third-order valence-corrected chi connectivity index (χ3v) is 4.60. The number of nitrogens with zero attached hydrogens (tertiary/aromatic N) is 3. The topological polar surface area (TPSA) is 36.0 Å². The van der Waals surface area contributed by atoms with Gasteiger partial charge >= 0.3 is 0 Å². The molecule has 120 valence electrons. The van der Waals surface area contributed by atoms with Crippen LogP contribution in [0.15, 0.2) is 24.3 Å². The van der Waals surface area contributed by atoms with Crippen LogP contribution in [-0.4, -0.2) is 80.1 Å². The van der Waals surface area contributed by atoms with Gasteiger partial charge in [-0.2, -0.15) is 0 Å². The van der Waals surface area contributed by atoms with Gasteiger partial charge in [0.25, 0.3) is 5.91 Å². The van der Waals surface area contributed by atoms with Gasteiger partial charge in [0.1, 0.15) is 11.9 Å². The second-order valence-corrected chi connectivity index (χ2v) is 6.36. The lowest BCUT2D eigenvalue weighted by molar-refractivity contribution is 0.0734. The molecule has 0 N–H and O–H groups in total. The first-order valence-electron chi connectivity index (χ1n) is 8.05. The Morgan fingerprint density at radius 1 is 1.14 bits per heavy atom. The number of likely N-dealkylation sites (N-methyl/N-ethyl adjacent to an activating group) is 2. The van der Waals surface area contributed by atoms with Gasteiger partial charge in [-0.3, -0.25) is 4.79 Å². The Labute approximate surface area is 132 Å². The molecular formula is C17H25N3O2. The van der Waals surface area contributed by atoms with Crippen molar-refractivity contribution in [1.82, 2.24) is 14.7 Å². The predicted octanol–water partition coefficient (Wildman–Crippen LogP) is 1.16. The minimum absolute atomic E-state index is 0.0534. The number of fused-ring (bicyclic) bond motifs is 1. The summed E-state index contributed by atoms with van der Waals surface area (Å²) >= 11 is 0. The average molecular weight is 303 g/mol. The Balaban J connectivity index is 1.62. The summed E-state index contributed by atoms with van der Waals surface area (Å²) < 4.78 is 6.11. The second-order valence-electron chi connectivity index (χ2n) is 6.36. The third kappa shape index (κ3) is 3.42. The average Bonchev–Trinajstić information content (AvgIpc) is 2.65. The minimum atomic E-state index is 0.0534. The molecule has 0 aromatic heterocycles. The number of amides is 1. The normalized spacial score (nSPS) is 23.8.